The number of aryl methyl sites for hydroxylation is 1. The average molecular weight is 313 g/mol. The Hall–Kier alpha value is -1.51. The monoisotopic (exact) mass is 313 g/mol. The van der Waals surface area contributed by atoms with Gasteiger partial charge in [-0.15, -0.1) is 0 Å². The molecule has 0 saturated heterocycles. The van der Waals surface area contributed by atoms with E-state index in [4.69, 9.17) is 5.73 Å². The van der Waals surface area contributed by atoms with E-state index < -0.39 is 20.5 Å². The minimum Gasteiger partial charge on any atom is -0.329 e. The molecule has 0 heterocycles. The molecule has 1 saturated carbocycles. The summed E-state index contributed by atoms with van der Waals surface area (Å²) >= 11 is 0. The number of hydrogen-bond acceptors (Lipinski definition) is 5. The van der Waals surface area contributed by atoms with Crippen molar-refractivity contribution >= 4 is 15.7 Å². The summed E-state index contributed by atoms with van der Waals surface area (Å²) in [4.78, 5) is 10.3. The van der Waals surface area contributed by atoms with Gasteiger partial charge in [0, 0.05) is 23.7 Å². The summed E-state index contributed by atoms with van der Waals surface area (Å²) < 4.78 is 27.5. The van der Waals surface area contributed by atoms with Crippen LogP contribution < -0.4 is 10.5 Å². The molecule has 0 spiro atoms. The van der Waals surface area contributed by atoms with Crippen molar-refractivity contribution < 1.29 is 13.3 Å². The van der Waals surface area contributed by atoms with Crippen molar-refractivity contribution in [3.8, 4) is 0 Å². The van der Waals surface area contributed by atoms with Crippen molar-refractivity contribution in [2.75, 3.05) is 6.54 Å². The van der Waals surface area contributed by atoms with E-state index in [1.165, 1.54) is 12.1 Å². The zero-order valence-electron chi connectivity index (χ0n) is 11.8. The Labute approximate surface area is 123 Å². The van der Waals surface area contributed by atoms with Crippen LogP contribution in [-0.2, 0) is 10.0 Å². The molecule has 21 heavy (non-hydrogen) atoms. The third-order valence-corrected chi connectivity index (χ3v) is 5.57. The van der Waals surface area contributed by atoms with Crippen molar-refractivity contribution in [3.05, 3.63) is 33.9 Å². The van der Waals surface area contributed by atoms with Crippen molar-refractivity contribution in [2.24, 2.45) is 5.73 Å². The van der Waals surface area contributed by atoms with Crippen LogP contribution in [0.3, 0.4) is 0 Å². The zero-order chi connectivity index (χ0) is 15.7. The highest BCUT2D eigenvalue weighted by atomic mass is 32.2. The molecule has 0 unspecified atom stereocenters. The smallest absolute Gasteiger partial charge is 0.273 e. The molecule has 1 aromatic carbocycles. The molecule has 0 aliphatic heterocycles. The molecule has 3 N–H and O–H groups in total. The van der Waals surface area contributed by atoms with Crippen LogP contribution in [0, 0.1) is 17.0 Å². The number of nitrogens with two attached hydrogens (primary N) is 1. The van der Waals surface area contributed by atoms with Gasteiger partial charge in [0.2, 0.25) is 10.0 Å². The summed E-state index contributed by atoms with van der Waals surface area (Å²) in [7, 11) is -3.82. The Bertz CT molecular complexity index is 651. The van der Waals surface area contributed by atoms with E-state index in [1.54, 1.807) is 6.92 Å². The quantitative estimate of drug-likeness (QED) is 0.630. The second-order valence-corrected chi connectivity index (χ2v) is 7.18. The van der Waals surface area contributed by atoms with E-state index in [0.717, 1.165) is 18.9 Å². The summed E-state index contributed by atoms with van der Waals surface area (Å²) in [5.41, 5.74) is 5.32. The van der Waals surface area contributed by atoms with Gasteiger partial charge in [-0.05, 0) is 25.8 Å². The maximum atomic E-state index is 12.4. The first-order chi connectivity index (χ1) is 9.80. The second kappa shape index (κ2) is 5.70. The fraction of sp³-hybridized carbons (Fsp3) is 0.538. The molecular weight excluding hydrogens is 294 g/mol. The molecule has 1 aliphatic carbocycles. The van der Waals surface area contributed by atoms with Gasteiger partial charge in [-0.3, -0.25) is 10.1 Å². The number of hydrogen-bond donors (Lipinski definition) is 2. The van der Waals surface area contributed by atoms with Crippen LogP contribution in [0.2, 0.25) is 0 Å². The highest BCUT2D eigenvalue weighted by Gasteiger charge is 2.37. The first-order valence-corrected chi connectivity index (χ1v) is 8.27. The molecule has 1 aromatic rings. The summed E-state index contributed by atoms with van der Waals surface area (Å²) in [6.45, 7) is 1.79. The Morgan fingerprint density at radius 2 is 2.00 bits per heavy atom. The number of sulfonamides is 1. The van der Waals surface area contributed by atoms with E-state index in [2.05, 4.69) is 4.72 Å². The van der Waals surface area contributed by atoms with E-state index in [9.17, 15) is 18.5 Å². The van der Waals surface area contributed by atoms with Gasteiger partial charge in [0.05, 0.1) is 9.82 Å². The number of nitro groups is 1. The Morgan fingerprint density at radius 3 is 2.52 bits per heavy atom. The van der Waals surface area contributed by atoms with Crippen LogP contribution in [0.4, 0.5) is 5.69 Å². The minimum absolute atomic E-state index is 0.0977. The molecule has 8 heteroatoms. The van der Waals surface area contributed by atoms with E-state index in [1.807, 2.05) is 0 Å². The molecule has 116 valence electrons. The van der Waals surface area contributed by atoms with E-state index in [0.29, 0.717) is 18.4 Å². The van der Waals surface area contributed by atoms with Crippen LogP contribution >= 0.6 is 0 Å². The number of rotatable bonds is 5. The average Bonchev–Trinajstić information content (AvgIpc) is 2.87. The van der Waals surface area contributed by atoms with Crippen LogP contribution in [0.25, 0.3) is 0 Å². The fourth-order valence-corrected chi connectivity index (χ4v) is 4.19. The summed E-state index contributed by atoms with van der Waals surface area (Å²) in [6, 6.07) is 3.91. The Morgan fingerprint density at radius 1 is 1.38 bits per heavy atom. The van der Waals surface area contributed by atoms with Crippen molar-refractivity contribution in [1.82, 2.24) is 4.72 Å². The predicted octanol–water partition coefficient (Wildman–Crippen LogP) is 1.45. The molecule has 1 fully saturated rings. The van der Waals surface area contributed by atoms with Gasteiger partial charge >= 0.3 is 0 Å². The highest BCUT2D eigenvalue weighted by Crippen LogP contribution is 2.31. The van der Waals surface area contributed by atoms with Gasteiger partial charge in [-0.2, -0.15) is 0 Å². The predicted molar refractivity (Wildman–Crippen MR) is 78.4 cm³/mol. The van der Waals surface area contributed by atoms with Gasteiger partial charge in [0.25, 0.3) is 5.69 Å². The van der Waals surface area contributed by atoms with Gasteiger partial charge < -0.3 is 5.73 Å². The van der Waals surface area contributed by atoms with Gasteiger partial charge in [0.15, 0.2) is 0 Å². The standard InChI is InChI=1S/C13H19N3O4S/c1-10-4-5-11(8-12(10)16(17)18)21(19,20)15-13(9-14)6-2-3-7-13/h4-5,8,15H,2-3,6-7,9,14H2,1H3. The molecule has 0 aromatic heterocycles. The fourth-order valence-electron chi connectivity index (χ4n) is 2.70. The van der Waals surface area contributed by atoms with Crippen molar-refractivity contribution in [2.45, 2.75) is 43.0 Å². The largest absolute Gasteiger partial charge is 0.329 e. The lowest BCUT2D eigenvalue weighted by atomic mass is 10.0. The van der Waals surface area contributed by atoms with E-state index in [-0.39, 0.29) is 17.1 Å². The van der Waals surface area contributed by atoms with Crippen LogP contribution in [0.1, 0.15) is 31.2 Å². The van der Waals surface area contributed by atoms with Gasteiger partial charge in [0.1, 0.15) is 0 Å². The highest BCUT2D eigenvalue weighted by molar-refractivity contribution is 7.89. The normalized spacial score (nSPS) is 17.8. The third-order valence-electron chi connectivity index (χ3n) is 3.99. The van der Waals surface area contributed by atoms with Crippen LogP contribution in [-0.4, -0.2) is 25.4 Å². The SMILES string of the molecule is Cc1ccc(S(=O)(=O)NC2(CN)CCCC2)cc1[N+](=O)[O-]. The lowest BCUT2D eigenvalue weighted by molar-refractivity contribution is -0.385. The lowest BCUT2D eigenvalue weighted by Gasteiger charge is -2.28. The molecule has 7 nitrogen and oxygen atoms in total. The first-order valence-electron chi connectivity index (χ1n) is 6.79. The van der Waals surface area contributed by atoms with Crippen LogP contribution in [0.5, 0.6) is 0 Å². The lowest BCUT2D eigenvalue weighted by Crippen LogP contribution is -2.51. The first kappa shape index (κ1) is 15.9. The second-order valence-electron chi connectivity index (χ2n) is 5.50. The molecule has 0 amide bonds. The van der Waals surface area contributed by atoms with Crippen molar-refractivity contribution in [1.29, 1.82) is 0 Å². The number of nitro benzene ring substituents is 1. The molecule has 0 atom stereocenters. The Balaban J connectivity index is 2.36. The van der Waals surface area contributed by atoms with Crippen LogP contribution in [0.15, 0.2) is 23.1 Å². The number of benzene rings is 1. The zero-order valence-corrected chi connectivity index (χ0v) is 12.6. The summed E-state index contributed by atoms with van der Waals surface area (Å²) in [5, 5.41) is 10.9. The van der Waals surface area contributed by atoms with E-state index >= 15 is 0 Å². The maximum absolute atomic E-state index is 12.4. The Kier molecular flexibility index (Phi) is 4.31. The topological polar surface area (TPSA) is 115 Å². The molecule has 0 bridgehead atoms. The van der Waals surface area contributed by atoms with Crippen molar-refractivity contribution in [3.63, 3.8) is 0 Å². The number of nitrogens with zero attached hydrogens (tertiary/aromatic N) is 1. The number of nitrogens with one attached hydrogen (secondary N) is 1. The molecular formula is C13H19N3O4S. The summed E-state index contributed by atoms with van der Waals surface area (Å²) in [5.74, 6) is 0. The molecule has 1 aliphatic rings. The third kappa shape index (κ3) is 3.22. The summed E-state index contributed by atoms with van der Waals surface area (Å²) in [6.07, 6.45) is 3.23. The molecule has 0 radical (unpaired) electrons. The van der Waals surface area contributed by atoms with Gasteiger partial charge in [-0.1, -0.05) is 18.9 Å². The maximum Gasteiger partial charge on any atom is 0.273 e. The molecule has 2 rings (SSSR count). The minimum atomic E-state index is -3.82. The van der Waals surface area contributed by atoms with Gasteiger partial charge in [-0.25, -0.2) is 13.1 Å².